The lowest BCUT2D eigenvalue weighted by molar-refractivity contribution is 0.111. The van der Waals surface area contributed by atoms with Gasteiger partial charge in [0.15, 0.2) is 0 Å². The Morgan fingerprint density at radius 3 is 2.83 bits per heavy atom. The molecule has 102 valence electrons. The lowest BCUT2D eigenvalue weighted by atomic mass is 9.91. The molecule has 3 nitrogen and oxygen atoms in total. The summed E-state index contributed by atoms with van der Waals surface area (Å²) in [5.74, 6) is 0.984. The Labute approximate surface area is 111 Å². The van der Waals surface area contributed by atoms with Crippen LogP contribution in [0.25, 0.3) is 0 Å². The van der Waals surface area contributed by atoms with Gasteiger partial charge in [-0.25, -0.2) is 0 Å². The first-order chi connectivity index (χ1) is 8.62. The van der Waals surface area contributed by atoms with E-state index in [9.17, 15) is 0 Å². The summed E-state index contributed by atoms with van der Waals surface area (Å²) in [6, 6.07) is 3.05. The van der Waals surface area contributed by atoms with Crippen LogP contribution in [0.1, 0.15) is 58.3 Å². The smallest absolute Gasteiger partial charge is 0.101 e. The van der Waals surface area contributed by atoms with Gasteiger partial charge in [-0.2, -0.15) is 5.26 Å². The standard InChI is InChI=1S/C15H27N3/c1-15(17,12-16)9-2-3-10-18-11-5-7-13-6-4-8-14(13)18/h13-14H,2-11,17H2,1H3. The van der Waals surface area contributed by atoms with E-state index in [1.54, 1.807) is 0 Å². The van der Waals surface area contributed by atoms with Crippen molar-refractivity contribution in [1.29, 1.82) is 5.26 Å². The van der Waals surface area contributed by atoms with Crippen molar-refractivity contribution in [1.82, 2.24) is 4.90 Å². The van der Waals surface area contributed by atoms with Crippen molar-refractivity contribution < 1.29 is 0 Å². The van der Waals surface area contributed by atoms with Crippen LogP contribution in [0.5, 0.6) is 0 Å². The van der Waals surface area contributed by atoms with E-state index in [1.807, 2.05) is 6.92 Å². The molecule has 2 aliphatic rings. The molecule has 0 amide bonds. The van der Waals surface area contributed by atoms with Gasteiger partial charge in [-0.3, -0.25) is 0 Å². The minimum absolute atomic E-state index is 0.627. The quantitative estimate of drug-likeness (QED) is 0.762. The highest BCUT2D eigenvalue weighted by Gasteiger charge is 2.34. The third-order valence-electron chi connectivity index (χ3n) is 4.76. The number of nitriles is 1. The van der Waals surface area contributed by atoms with Crippen LogP contribution in [-0.2, 0) is 0 Å². The molecule has 0 radical (unpaired) electrons. The fourth-order valence-electron chi connectivity index (χ4n) is 3.70. The number of nitrogens with zero attached hydrogens (tertiary/aromatic N) is 2. The zero-order chi connectivity index (χ0) is 13.0. The monoisotopic (exact) mass is 249 g/mol. The SMILES string of the molecule is CC(N)(C#N)CCCCN1CCCC2CCCC21. The molecule has 1 saturated carbocycles. The van der Waals surface area contributed by atoms with Crippen LogP contribution in [0.4, 0.5) is 0 Å². The van der Waals surface area contributed by atoms with Gasteiger partial charge in [-0.1, -0.05) is 6.42 Å². The average Bonchev–Trinajstić information content (AvgIpc) is 2.83. The second kappa shape index (κ2) is 6.04. The summed E-state index contributed by atoms with van der Waals surface area (Å²) in [5.41, 5.74) is 5.22. The highest BCUT2D eigenvalue weighted by molar-refractivity contribution is 5.00. The molecular weight excluding hydrogens is 222 g/mol. The normalized spacial score (nSPS) is 31.6. The van der Waals surface area contributed by atoms with E-state index in [0.29, 0.717) is 0 Å². The maximum Gasteiger partial charge on any atom is 0.101 e. The second-order valence-electron chi connectivity index (χ2n) is 6.42. The Morgan fingerprint density at radius 2 is 2.06 bits per heavy atom. The largest absolute Gasteiger partial charge is 0.314 e. The van der Waals surface area contributed by atoms with Crippen LogP contribution in [0.3, 0.4) is 0 Å². The van der Waals surface area contributed by atoms with E-state index in [1.165, 1.54) is 51.6 Å². The van der Waals surface area contributed by atoms with Crippen molar-refractivity contribution >= 4 is 0 Å². The predicted molar refractivity (Wildman–Crippen MR) is 74.0 cm³/mol. The van der Waals surface area contributed by atoms with Crippen molar-refractivity contribution in [3.63, 3.8) is 0 Å². The summed E-state index contributed by atoms with van der Waals surface area (Å²) >= 11 is 0. The van der Waals surface area contributed by atoms with Gasteiger partial charge in [0.1, 0.15) is 5.54 Å². The minimum Gasteiger partial charge on any atom is -0.314 e. The number of hydrogen-bond donors (Lipinski definition) is 1. The molecule has 0 aromatic carbocycles. The van der Waals surface area contributed by atoms with Crippen molar-refractivity contribution in [2.75, 3.05) is 13.1 Å². The van der Waals surface area contributed by atoms with E-state index < -0.39 is 5.54 Å². The fourth-order valence-corrected chi connectivity index (χ4v) is 3.70. The van der Waals surface area contributed by atoms with Crippen LogP contribution in [0, 0.1) is 17.2 Å². The third-order valence-corrected chi connectivity index (χ3v) is 4.76. The zero-order valence-electron chi connectivity index (χ0n) is 11.7. The van der Waals surface area contributed by atoms with Crippen molar-refractivity contribution in [2.45, 2.75) is 69.9 Å². The number of piperidine rings is 1. The number of rotatable bonds is 5. The fraction of sp³-hybridized carbons (Fsp3) is 0.933. The molecule has 1 aliphatic heterocycles. The van der Waals surface area contributed by atoms with E-state index >= 15 is 0 Å². The van der Waals surface area contributed by atoms with Gasteiger partial charge in [0.2, 0.25) is 0 Å². The first-order valence-corrected chi connectivity index (χ1v) is 7.56. The van der Waals surface area contributed by atoms with Gasteiger partial charge in [0.05, 0.1) is 6.07 Å². The van der Waals surface area contributed by atoms with E-state index in [-0.39, 0.29) is 0 Å². The van der Waals surface area contributed by atoms with Gasteiger partial charge < -0.3 is 10.6 Å². The van der Waals surface area contributed by atoms with Crippen molar-refractivity contribution in [2.24, 2.45) is 11.7 Å². The molecule has 2 N–H and O–H groups in total. The van der Waals surface area contributed by atoms with Crippen LogP contribution >= 0.6 is 0 Å². The molecule has 0 aromatic rings. The molecule has 0 bridgehead atoms. The van der Waals surface area contributed by atoms with E-state index in [2.05, 4.69) is 11.0 Å². The lowest BCUT2D eigenvalue weighted by Gasteiger charge is -2.37. The number of unbranched alkanes of at least 4 members (excludes halogenated alkanes) is 1. The molecule has 2 fully saturated rings. The summed E-state index contributed by atoms with van der Waals surface area (Å²) in [7, 11) is 0. The first kappa shape index (κ1) is 13.8. The number of nitrogens with two attached hydrogens (primary N) is 1. The molecule has 2 rings (SSSR count). The molecule has 1 heterocycles. The number of fused-ring (bicyclic) bond motifs is 1. The maximum absolute atomic E-state index is 8.88. The summed E-state index contributed by atoms with van der Waals surface area (Å²) in [4.78, 5) is 2.71. The summed E-state index contributed by atoms with van der Waals surface area (Å²) < 4.78 is 0. The van der Waals surface area contributed by atoms with Gasteiger partial charge in [-0.15, -0.1) is 0 Å². The van der Waals surface area contributed by atoms with Crippen molar-refractivity contribution in [3.8, 4) is 6.07 Å². The Morgan fingerprint density at radius 1 is 1.28 bits per heavy atom. The molecule has 3 heteroatoms. The zero-order valence-corrected chi connectivity index (χ0v) is 11.7. The number of likely N-dealkylation sites (tertiary alicyclic amines) is 1. The summed E-state index contributed by atoms with van der Waals surface area (Å²) in [6.07, 6.45) is 10.2. The first-order valence-electron chi connectivity index (χ1n) is 7.56. The molecule has 1 aliphatic carbocycles. The van der Waals surface area contributed by atoms with Gasteiger partial charge >= 0.3 is 0 Å². The summed E-state index contributed by atoms with van der Waals surface area (Å²) in [6.45, 7) is 4.34. The van der Waals surface area contributed by atoms with Crippen LogP contribution in [0.2, 0.25) is 0 Å². The summed E-state index contributed by atoms with van der Waals surface area (Å²) in [5, 5.41) is 8.88. The lowest BCUT2D eigenvalue weighted by Crippen LogP contribution is -2.43. The molecule has 3 unspecified atom stereocenters. The Kier molecular flexibility index (Phi) is 4.64. The maximum atomic E-state index is 8.88. The Hall–Kier alpha value is -0.590. The van der Waals surface area contributed by atoms with E-state index in [4.69, 9.17) is 11.0 Å². The highest BCUT2D eigenvalue weighted by atomic mass is 15.2. The average molecular weight is 249 g/mol. The molecular formula is C15H27N3. The van der Waals surface area contributed by atoms with Gasteiger partial charge in [-0.05, 0) is 70.9 Å². The Balaban J connectivity index is 1.69. The molecule has 0 aromatic heterocycles. The van der Waals surface area contributed by atoms with Crippen LogP contribution in [-0.4, -0.2) is 29.6 Å². The highest BCUT2D eigenvalue weighted by Crippen LogP contribution is 2.36. The van der Waals surface area contributed by atoms with Gasteiger partial charge in [0.25, 0.3) is 0 Å². The molecule has 1 saturated heterocycles. The topological polar surface area (TPSA) is 53.1 Å². The molecule has 3 atom stereocenters. The molecule has 0 spiro atoms. The predicted octanol–water partition coefficient (Wildman–Crippen LogP) is 2.66. The van der Waals surface area contributed by atoms with Gasteiger partial charge in [0, 0.05) is 6.04 Å². The van der Waals surface area contributed by atoms with Crippen molar-refractivity contribution in [3.05, 3.63) is 0 Å². The number of hydrogen-bond acceptors (Lipinski definition) is 3. The van der Waals surface area contributed by atoms with E-state index in [0.717, 1.165) is 24.8 Å². The third kappa shape index (κ3) is 3.46. The minimum atomic E-state index is -0.627. The van der Waals surface area contributed by atoms with Crippen LogP contribution in [0.15, 0.2) is 0 Å². The van der Waals surface area contributed by atoms with Crippen LogP contribution < -0.4 is 5.73 Å². The Bertz CT molecular complexity index is 305. The molecule has 18 heavy (non-hydrogen) atoms. The second-order valence-corrected chi connectivity index (χ2v) is 6.42.